The predicted octanol–water partition coefficient (Wildman–Crippen LogP) is 3.43. The number of nitrogens with zero attached hydrogens (tertiary/aromatic N) is 1. The molecule has 0 aromatic heterocycles. The van der Waals surface area contributed by atoms with E-state index in [0.717, 1.165) is 16.9 Å². The second-order valence-corrected chi connectivity index (χ2v) is 5.03. The standard InChI is InChI=1S/C17H17ClN2O2/c1-2-22-16-9-5-14(6-10-16)12-19-20-17(21)11-13-3-7-15(18)8-4-13/h3-10,12H,2,11H2,1H3,(H,20,21)/b19-12-. The molecule has 2 aromatic rings. The van der Waals surface area contributed by atoms with Gasteiger partial charge in [0.1, 0.15) is 5.75 Å². The smallest absolute Gasteiger partial charge is 0.244 e. The van der Waals surface area contributed by atoms with Gasteiger partial charge >= 0.3 is 0 Å². The zero-order valence-corrected chi connectivity index (χ0v) is 13.0. The highest BCUT2D eigenvalue weighted by Gasteiger charge is 2.01. The largest absolute Gasteiger partial charge is 0.494 e. The van der Waals surface area contributed by atoms with Gasteiger partial charge in [0.05, 0.1) is 19.2 Å². The first-order chi connectivity index (χ1) is 10.7. The molecule has 0 spiro atoms. The van der Waals surface area contributed by atoms with E-state index in [1.807, 2.05) is 43.3 Å². The van der Waals surface area contributed by atoms with Gasteiger partial charge in [0.25, 0.3) is 0 Å². The highest BCUT2D eigenvalue weighted by Crippen LogP contribution is 2.11. The molecule has 0 saturated heterocycles. The van der Waals surface area contributed by atoms with Crippen LogP contribution >= 0.6 is 11.6 Å². The van der Waals surface area contributed by atoms with Crippen LogP contribution in [0.5, 0.6) is 5.75 Å². The van der Waals surface area contributed by atoms with Crippen molar-refractivity contribution in [2.24, 2.45) is 5.10 Å². The Morgan fingerprint density at radius 3 is 2.50 bits per heavy atom. The molecule has 1 N–H and O–H groups in total. The number of ether oxygens (including phenoxy) is 1. The summed E-state index contributed by atoms with van der Waals surface area (Å²) >= 11 is 5.80. The van der Waals surface area contributed by atoms with E-state index in [4.69, 9.17) is 16.3 Å². The third kappa shape index (κ3) is 5.22. The topological polar surface area (TPSA) is 50.7 Å². The fraction of sp³-hybridized carbons (Fsp3) is 0.176. The van der Waals surface area contributed by atoms with Gasteiger partial charge in [0.15, 0.2) is 0 Å². The number of hydrogen-bond acceptors (Lipinski definition) is 3. The predicted molar refractivity (Wildman–Crippen MR) is 88.5 cm³/mol. The summed E-state index contributed by atoms with van der Waals surface area (Å²) in [6.45, 7) is 2.57. The maximum absolute atomic E-state index is 11.7. The van der Waals surface area contributed by atoms with Crippen molar-refractivity contribution in [3.8, 4) is 5.75 Å². The van der Waals surface area contributed by atoms with Crippen LogP contribution in [0.4, 0.5) is 0 Å². The number of carbonyl (C=O) groups is 1. The molecule has 0 atom stereocenters. The quantitative estimate of drug-likeness (QED) is 0.655. The third-order valence-corrected chi connectivity index (χ3v) is 3.12. The first-order valence-electron chi connectivity index (χ1n) is 6.96. The zero-order valence-electron chi connectivity index (χ0n) is 12.3. The number of rotatable bonds is 6. The molecule has 2 aromatic carbocycles. The SMILES string of the molecule is CCOc1ccc(/C=N\NC(=O)Cc2ccc(Cl)cc2)cc1. The Morgan fingerprint density at radius 2 is 1.86 bits per heavy atom. The van der Waals surface area contributed by atoms with E-state index in [1.165, 1.54) is 0 Å². The summed E-state index contributed by atoms with van der Waals surface area (Å²) in [6, 6.07) is 14.6. The minimum Gasteiger partial charge on any atom is -0.494 e. The van der Waals surface area contributed by atoms with Crippen LogP contribution in [0.15, 0.2) is 53.6 Å². The molecule has 0 fully saturated rings. The van der Waals surface area contributed by atoms with Crippen LogP contribution in [0.2, 0.25) is 5.02 Å². The second kappa shape index (κ2) is 8.20. The highest BCUT2D eigenvalue weighted by atomic mass is 35.5. The molecule has 22 heavy (non-hydrogen) atoms. The van der Waals surface area contributed by atoms with Crippen LogP contribution in [-0.4, -0.2) is 18.7 Å². The maximum Gasteiger partial charge on any atom is 0.244 e. The number of halogens is 1. The van der Waals surface area contributed by atoms with E-state index in [9.17, 15) is 4.79 Å². The summed E-state index contributed by atoms with van der Waals surface area (Å²) in [7, 11) is 0. The molecule has 0 aliphatic carbocycles. The minimum absolute atomic E-state index is 0.176. The normalized spacial score (nSPS) is 10.6. The fourth-order valence-electron chi connectivity index (χ4n) is 1.82. The van der Waals surface area contributed by atoms with Crippen molar-refractivity contribution in [1.29, 1.82) is 0 Å². The van der Waals surface area contributed by atoms with Gasteiger partial charge < -0.3 is 4.74 Å². The van der Waals surface area contributed by atoms with Crippen molar-refractivity contribution in [3.63, 3.8) is 0 Å². The van der Waals surface area contributed by atoms with Crippen LogP contribution in [0.1, 0.15) is 18.1 Å². The summed E-state index contributed by atoms with van der Waals surface area (Å²) in [5.74, 6) is 0.635. The van der Waals surface area contributed by atoms with E-state index >= 15 is 0 Å². The van der Waals surface area contributed by atoms with Crippen molar-refractivity contribution < 1.29 is 9.53 Å². The van der Waals surface area contributed by atoms with E-state index in [-0.39, 0.29) is 12.3 Å². The molecule has 0 radical (unpaired) electrons. The average molecular weight is 317 g/mol. The number of hydrazone groups is 1. The van der Waals surface area contributed by atoms with Gasteiger partial charge in [-0.15, -0.1) is 0 Å². The monoisotopic (exact) mass is 316 g/mol. The Kier molecular flexibility index (Phi) is 5.98. The number of amides is 1. The molecule has 0 unspecified atom stereocenters. The first-order valence-corrected chi connectivity index (χ1v) is 7.34. The van der Waals surface area contributed by atoms with Gasteiger partial charge in [0, 0.05) is 5.02 Å². The zero-order chi connectivity index (χ0) is 15.8. The Morgan fingerprint density at radius 1 is 1.18 bits per heavy atom. The molecule has 0 bridgehead atoms. The molecule has 0 aliphatic heterocycles. The lowest BCUT2D eigenvalue weighted by molar-refractivity contribution is -0.120. The molecule has 1 amide bonds. The second-order valence-electron chi connectivity index (χ2n) is 4.60. The van der Waals surface area contributed by atoms with Crippen molar-refractivity contribution in [2.45, 2.75) is 13.3 Å². The van der Waals surface area contributed by atoms with Crippen molar-refractivity contribution in [2.75, 3.05) is 6.61 Å². The van der Waals surface area contributed by atoms with E-state index in [2.05, 4.69) is 10.5 Å². The Balaban J connectivity index is 1.83. The summed E-state index contributed by atoms with van der Waals surface area (Å²) in [5.41, 5.74) is 4.27. The van der Waals surface area contributed by atoms with Crippen LogP contribution in [0.25, 0.3) is 0 Å². The van der Waals surface area contributed by atoms with E-state index in [1.54, 1.807) is 18.3 Å². The molecule has 5 heteroatoms. The lowest BCUT2D eigenvalue weighted by Crippen LogP contribution is -2.19. The number of benzene rings is 2. The van der Waals surface area contributed by atoms with Crippen LogP contribution < -0.4 is 10.2 Å². The van der Waals surface area contributed by atoms with E-state index in [0.29, 0.717) is 11.6 Å². The van der Waals surface area contributed by atoms with Crippen molar-refractivity contribution in [3.05, 3.63) is 64.7 Å². The van der Waals surface area contributed by atoms with Gasteiger partial charge in [-0.3, -0.25) is 4.79 Å². The lowest BCUT2D eigenvalue weighted by atomic mass is 10.1. The molecule has 0 saturated carbocycles. The molecule has 2 rings (SSSR count). The van der Waals surface area contributed by atoms with E-state index < -0.39 is 0 Å². The molecular formula is C17H17ClN2O2. The summed E-state index contributed by atoms with van der Waals surface area (Å²) in [5, 5.41) is 4.59. The van der Waals surface area contributed by atoms with Crippen LogP contribution in [0, 0.1) is 0 Å². The number of carbonyl (C=O) groups excluding carboxylic acids is 1. The fourth-order valence-corrected chi connectivity index (χ4v) is 1.95. The van der Waals surface area contributed by atoms with Crippen LogP contribution in [-0.2, 0) is 11.2 Å². The third-order valence-electron chi connectivity index (χ3n) is 2.87. The van der Waals surface area contributed by atoms with Gasteiger partial charge in [-0.05, 0) is 54.4 Å². The average Bonchev–Trinajstić information content (AvgIpc) is 2.52. The van der Waals surface area contributed by atoms with Crippen molar-refractivity contribution >= 4 is 23.7 Å². The molecule has 114 valence electrons. The number of hydrogen-bond donors (Lipinski definition) is 1. The number of nitrogens with one attached hydrogen (secondary N) is 1. The molecule has 0 aliphatic rings. The summed E-state index contributed by atoms with van der Waals surface area (Å²) in [4.78, 5) is 11.7. The van der Waals surface area contributed by atoms with Gasteiger partial charge in [-0.25, -0.2) is 5.43 Å². The van der Waals surface area contributed by atoms with Gasteiger partial charge in [-0.2, -0.15) is 5.10 Å². The molecule has 4 nitrogen and oxygen atoms in total. The summed E-state index contributed by atoms with van der Waals surface area (Å²) < 4.78 is 5.35. The van der Waals surface area contributed by atoms with Gasteiger partial charge in [0.2, 0.25) is 5.91 Å². The Bertz CT molecular complexity index is 637. The van der Waals surface area contributed by atoms with Crippen molar-refractivity contribution in [1.82, 2.24) is 5.43 Å². The summed E-state index contributed by atoms with van der Waals surface area (Å²) in [6.07, 6.45) is 1.85. The maximum atomic E-state index is 11.7. The van der Waals surface area contributed by atoms with Crippen LogP contribution in [0.3, 0.4) is 0 Å². The molecule has 0 heterocycles. The lowest BCUT2D eigenvalue weighted by Gasteiger charge is -2.02. The first kappa shape index (κ1) is 16.0. The Hall–Kier alpha value is -2.33. The molecular weight excluding hydrogens is 300 g/mol. The Labute approximate surface area is 134 Å². The van der Waals surface area contributed by atoms with Gasteiger partial charge in [-0.1, -0.05) is 23.7 Å². The highest BCUT2D eigenvalue weighted by molar-refractivity contribution is 6.30. The minimum atomic E-state index is -0.176.